The molecule has 2 unspecified atom stereocenters. The maximum atomic E-state index is 5.93. The van der Waals surface area contributed by atoms with E-state index in [4.69, 9.17) is 9.47 Å². The first-order valence-electron chi connectivity index (χ1n) is 9.24. The van der Waals surface area contributed by atoms with Gasteiger partial charge in [-0.25, -0.2) is 0 Å². The monoisotopic (exact) mass is 294 g/mol. The van der Waals surface area contributed by atoms with Gasteiger partial charge in [-0.1, -0.05) is 39.5 Å². The first kappa shape index (κ1) is 17.0. The predicted octanol–water partition coefficient (Wildman–Crippen LogP) is 5.13. The van der Waals surface area contributed by atoms with E-state index in [9.17, 15) is 0 Å². The van der Waals surface area contributed by atoms with Gasteiger partial charge in [-0.3, -0.25) is 0 Å². The van der Waals surface area contributed by atoms with Gasteiger partial charge in [0.05, 0.1) is 13.2 Å². The second-order valence-electron chi connectivity index (χ2n) is 6.78. The molecule has 2 rings (SSSR count). The smallest absolute Gasteiger partial charge is 0.0683 e. The summed E-state index contributed by atoms with van der Waals surface area (Å²) in [5.41, 5.74) is 3.22. The maximum absolute atomic E-state index is 5.93. The summed E-state index contributed by atoms with van der Waals surface area (Å²) in [6.45, 7) is 8.09. The van der Waals surface area contributed by atoms with Crippen molar-refractivity contribution in [3.05, 3.63) is 11.1 Å². The molecule has 1 saturated carbocycles. The molecule has 0 aliphatic heterocycles. The molecule has 0 heterocycles. The number of ether oxygens (including phenoxy) is 2. The van der Waals surface area contributed by atoms with Crippen LogP contribution >= 0.6 is 0 Å². The second-order valence-corrected chi connectivity index (χ2v) is 6.78. The van der Waals surface area contributed by atoms with Crippen LogP contribution in [0.15, 0.2) is 11.1 Å². The Morgan fingerprint density at radius 3 is 1.67 bits per heavy atom. The minimum atomic E-state index is 0.815. The molecule has 0 aromatic rings. The molecule has 2 bridgehead atoms. The van der Waals surface area contributed by atoms with E-state index in [1.54, 1.807) is 11.1 Å². The molecule has 0 aromatic carbocycles. The lowest BCUT2D eigenvalue weighted by Crippen LogP contribution is -2.14. The number of unbranched alkanes of at least 4 members (excludes halogenated alkanes) is 4. The van der Waals surface area contributed by atoms with Gasteiger partial charge in [-0.2, -0.15) is 0 Å². The Balaban J connectivity index is 1.73. The average Bonchev–Trinajstić information content (AvgIpc) is 3.09. The van der Waals surface area contributed by atoms with Gasteiger partial charge < -0.3 is 9.47 Å². The van der Waals surface area contributed by atoms with Crippen molar-refractivity contribution in [2.24, 2.45) is 11.8 Å². The highest BCUT2D eigenvalue weighted by atomic mass is 16.5. The largest absolute Gasteiger partial charge is 0.377 e. The second kappa shape index (κ2) is 9.63. The third-order valence-corrected chi connectivity index (χ3v) is 5.13. The van der Waals surface area contributed by atoms with E-state index < -0.39 is 0 Å². The first-order valence-corrected chi connectivity index (χ1v) is 9.24. The minimum Gasteiger partial charge on any atom is -0.377 e. The maximum Gasteiger partial charge on any atom is 0.0683 e. The van der Waals surface area contributed by atoms with Crippen LogP contribution < -0.4 is 0 Å². The lowest BCUT2D eigenvalue weighted by molar-refractivity contribution is 0.134. The van der Waals surface area contributed by atoms with Crippen LogP contribution in [0.25, 0.3) is 0 Å². The predicted molar refractivity (Wildman–Crippen MR) is 88.5 cm³/mol. The first-order chi connectivity index (χ1) is 10.4. The molecule has 0 amide bonds. The van der Waals surface area contributed by atoms with Crippen LogP contribution in [0.5, 0.6) is 0 Å². The summed E-state index contributed by atoms with van der Waals surface area (Å²) in [5.74, 6) is 1.63. The van der Waals surface area contributed by atoms with Gasteiger partial charge in [0, 0.05) is 13.2 Å². The molecule has 0 spiro atoms. The number of fused-ring (bicyclic) bond motifs is 2. The summed E-state index contributed by atoms with van der Waals surface area (Å²) >= 11 is 0. The van der Waals surface area contributed by atoms with Crippen LogP contribution in [0.3, 0.4) is 0 Å². The quantitative estimate of drug-likeness (QED) is 0.367. The highest BCUT2D eigenvalue weighted by Gasteiger charge is 2.38. The summed E-state index contributed by atoms with van der Waals surface area (Å²) < 4.78 is 11.9. The molecule has 2 heteroatoms. The minimum absolute atomic E-state index is 0.815. The number of rotatable bonds is 12. The Labute approximate surface area is 131 Å². The fourth-order valence-electron chi connectivity index (χ4n) is 3.83. The normalized spacial score (nSPS) is 24.3. The Morgan fingerprint density at radius 2 is 1.24 bits per heavy atom. The fraction of sp³-hybridized carbons (Fsp3) is 0.895. The van der Waals surface area contributed by atoms with E-state index in [0.29, 0.717) is 0 Å². The Bertz CT molecular complexity index is 292. The summed E-state index contributed by atoms with van der Waals surface area (Å²) in [6, 6.07) is 0. The van der Waals surface area contributed by atoms with Crippen LogP contribution in [-0.4, -0.2) is 26.4 Å². The van der Waals surface area contributed by atoms with Crippen molar-refractivity contribution in [1.29, 1.82) is 0 Å². The van der Waals surface area contributed by atoms with E-state index in [0.717, 1.165) is 38.3 Å². The molecule has 2 aliphatic rings. The molecule has 0 aromatic heterocycles. The van der Waals surface area contributed by atoms with E-state index in [1.807, 2.05) is 0 Å². The Morgan fingerprint density at radius 1 is 0.762 bits per heavy atom. The molecule has 122 valence electrons. The zero-order valence-electron chi connectivity index (χ0n) is 14.2. The van der Waals surface area contributed by atoms with Gasteiger partial charge in [0.1, 0.15) is 0 Å². The van der Waals surface area contributed by atoms with Crippen molar-refractivity contribution >= 4 is 0 Å². The Kier molecular flexibility index (Phi) is 7.81. The topological polar surface area (TPSA) is 18.5 Å². The Hall–Kier alpha value is -0.340. The summed E-state index contributed by atoms with van der Waals surface area (Å²) in [7, 11) is 0. The van der Waals surface area contributed by atoms with Crippen LogP contribution in [0.2, 0.25) is 0 Å². The molecular formula is C19H34O2. The molecular weight excluding hydrogens is 260 g/mol. The van der Waals surface area contributed by atoms with Crippen molar-refractivity contribution in [2.45, 2.75) is 71.6 Å². The van der Waals surface area contributed by atoms with Crippen molar-refractivity contribution < 1.29 is 9.47 Å². The van der Waals surface area contributed by atoms with Crippen LogP contribution in [-0.2, 0) is 9.47 Å². The fourth-order valence-corrected chi connectivity index (χ4v) is 3.83. The highest BCUT2D eigenvalue weighted by molar-refractivity contribution is 5.30. The van der Waals surface area contributed by atoms with Gasteiger partial charge in [-0.05, 0) is 55.1 Å². The standard InChI is InChI=1S/C19H34O2/c1-3-5-7-11-20-14-18-16-9-10-17(13-16)19(18)15-21-12-8-6-4-2/h16-17H,3-15H2,1-2H3. The number of hydrogen-bond acceptors (Lipinski definition) is 2. The molecule has 0 saturated heterocycles. The lowest BCUT2D eigenvalue weighted by Gasteiger charge is -2.20. The van der Waals surface area contributed by atoms with E-state index in [2.05, 4.69) is 13.8 Å². The molecule has 0 radical (unpaired) electrons. The van der Waals surface area contributed by atoms with Crippen molar-refractivity contribution in [1.82, 2.24) is 0 Å². The molecule has 2 aliphatic carbocycles. The van der Waals surface area contributed by atoms with E-state index in [1.165, 1.54) is 57.8 Å². The third-order valence-electron chi connectivity index (χ3n) is 5.13. The molecule has 1 fully saturated rings. The zero-order chi connectivity index (χ0) is 14.9. The lowest BCUT2D eigenvalue weighted by atomic mass is 9.92. The summed E-state index contributed by atoms with van der Waals surface area (Å²) in [5, 5.41) is 0. The van der Waals surface area contributed by atoms with E-state index >= 15 is 0 Å². The average molecular weight is 294 g/mol. The third kappa shape index (κ3) is 5.10. The van der Waals surface area contributed by atoms with Gasteiger partial charge in [0.25, 0.3) is 0 Å². The summed E-state index contributed by atoms with van der Waals surface area (Å²) in [4.78, 5) is 0. The SMILES string of the molecule is CCCCCOCC1=C(COCCCCC)C2CCC1C2. The van der Waals surface area contributed by atoms with E-state index in [-0.39, 0.29) is 0 Å². The van der Waals surface area contributed by atoms with Gasteiger partial charge in [-0.15, -0.1) is 0 Å². The van der Waals surface area contributed by atoms with Gasteiger partial charge in [0.2, 0.25) is 0 Å². The summed E-state index contributed by atoms with van der Waals surface area (Å²) in [6.07, 6.45) is 11.7. The van der Waals surface area contributed by atoms with Crippen molar-refractivity contribution in [2.75, 3.05) is 26.4 Å². The molecule has 2 nitrogen and oxygen atoms in total. The molecule has 2 atom stereocenters. The molecule has 21 heavy (non-hydrogen) atoms. The zero-order valence-corrected chi connectivity index (χ0v) is 14.2. The van der Waals surface area contributed by atoms with Gasteiger partial charge in [0.15, 0.2) is 0 Å². The number of hydrogen-bond donors (Lipinski definition) is 0. The van der Waals surface area contributed by atoms with Crippen LogP contribution in [0.4, 0.5) is 0 Å². The molecule has 0 N–H and O–H groups in total. The van der Waals surface area contributed by atoms with Crippen molar-refractivity contribution in [3.8, 4) is 0 Å². The highest BCUT2D eigenvalue weighted by Crippen LogP contribution is 2.48. The van der Waals surface area contributed by atoms with Crippen LogP contribution in [0, 0.1) is 11.8 Å². The van der Waals surface area contributed by atoms with Gasteiger partial charge >= 0.3 is 0 Å². The van der Waals surface area contributed by atoms with Crippen LogP contribution in [0.1, 0.15) is 71.6 Å². The van der Waals surface area contributed by atoms with Crippen molar-refractivity contribution in [3.63, 3.8) is 0 Å².